The largest absolute Gasteiger partial charge is 0.328 e. The summed E-state index contributed by atoms with van der Waals surface area (Å²) in [7, 11) is 0. The predicted molar refractivity (Wildman–Crippen MR) is 112 cm³/mol. The van der Waals surface area contributed by atoms with E-state index in [1.807, 2.05) is 68.4 Å². The van der Waals surface area contributed by atoms with Gasteiger partial charge in [0, 0.05) is 12.2 Å². The van der Waals surface area contributed by atoms with Crippen LogP contribution in [0.1, 0.15) is 35.0 Å². The Morgan fingerprint density at radius 2 is 1.79 bits per heavy atom. The molecule has 1 aromatic heterocycles. The zero-order chi connectivity index (χ0) is 20.6. The number of anilines is 1. The lowest BCUT2D eigenvalue weighted by Gasteiger charge is -2.20. The van der Waals surface area contributed by atoms with Crippen LogP contribution in [0.5, 0.6) is 0 Å². The Bertz CT molecular complexity index is 968. The first-order valence-corrected chi connectivity index (χ1v) is 9.65. The summed E-state index contributed by atoms with van der Waals surface area (Å²) in [6.07, 6.45) is 2.36. The third-order valence-corrected chi connectivity index (χ3v) is 4.48. The minimum atomic E-state index is -0.300. The summed E-state index contributed by atoms with van der Waals surface area (Å²) in [5.74, 6) is -0.538. The molecule has 0 aliphatic carbocycles. The quantitative estimate of drug-likeness (QED) is 0.640. The normalized spacial score (nSPS) is 10.6. The van der Waals surface area contributed by atoms with Crippen LogP contribution < -0.4 is 5.32 Å². The molecule has 1 heterocycles. The highest BCUT2D eigenvalue weighted by Gasteiger charge is 2.21. The van der Waals surface area contributed by atoms with E-state index in [1.54, 1.807) is 10.9 Å². The lowest BCUT2D eigenvalue weighted by molar-refractivity contribution is -0.116. The van der Waals surface area contributed by atoms with Crippen molar-refractivity contribution in [2.75, 3.05) is 18.4 Å². The summed E-state index contributed by atoms with van der Waals surface area (Å²) in [6, 6.07) is 17.4. The Morgan fingerprint density at radius 3 is 2.52 bits per heavy atom. The number of hydrogen-bond donors (Lipinski definition) is 1. The first-order chi connectivity index (χ1) is 14.1. The van der Waals surface area contributed by atoms with Crippen molar-refractivity contribution in [3.63, 3.8) is 0 Å². The van der Waals surface area contributed by atoms with Crippen molar-refractivity contribution in [1.82, 2.24) is 19.9 Å². The number of benzene rings is 2. The number of carbonyl (C=O) groups excluding carboxylic acids is 2. The van der Waals surface area contributed by atoms with Gasteiger partial charge in [-0.05, 0) is 30.5 Å². The molecule has 3 rings (SSSR count). The number of carbonyl (C=O) groups is 2. The standard InChI is InChI=1S/C22H25N5O2/c1-3-13-26(16-21(28)23-19-12-8-7-9-17(19)2)22(29)20-15-27(25-24-20)14-18-10-5-4-6-11-18/h4-12,15H,3,13-14,16H2,1-2H3,(H,23,28). The van der Waals surface area contributed by atoms with Crippen LogP contribution in [-0.2, 0) is 11.3 Å². The molecule has 0 saturated heterocycles. The maximum Gasteiger partial charge on any atom is 0.276 e. The van der Waals surface area contributed by atoms with E-state index in [1.165, 1.54) is 4.90 Å². The van der Waals surface area contributed by atoms with Crippen LogP contribution in [0.15, 0.2) is 60.8 Å². The monoisotopic (exact) mass is 391 g/mol. The molecule has 1 N–H and O–H groups in total. The van der Waals surface area contributed by atoms with Gasteiger partial charge in [0.05, 0.1) is 12.7 Å². The summed E-state index contributed by atoms with van der Waals surface area (Å²) in [5.41, 5.74) is 3.02. The van der Waals surface area contributed by atoms with E-state index >= 15 is 0 Å². The second kappa shape index (κ2) is 9.64. The molecule has 0 aliphatic heterocycles. The molecule has 0 aliphatic rings. The zero-order valence-corrected chi connectivity index (χ0v) is 16.7. The summed E-state index contributed by atoms with van der Waals surface area (Å²) >= 11 is 0. The average Bonchev–Trinajstić information content (AvgIpc) is 3.18. The van der Waals surface area contributed by atoms with Gasteiger partial charge in [-0.15, -0.1) is 5.10 Å². The van der Waals surface area contributed by atoms with Gasteiger partial charge in [0.2, 0.25) is 5.91 Å². The Kier molecular flexibility index (Phi) is 6.73. The van der Waals surface area contributed by atoms with Crippen molar-refractivity contribution < 1.29 is 9.59 Å². The molecule has 7 heteroatoms. The molecule has 0 spiro atoms. The molecule has 2 aromatic carbocycles. The minimum absolute atomic E-state index is 0.0352. The van der Waals surface area contributed by atoms with Crippen LogP contribution in [0.25, 0.3) is 0 Å². The molecule has 0 unspecified atom stereocenters. The number of aryl methyl sites for hydroxylation is 1. The highest BCUT2D eigenvalue weighted by Crippen LogP contribution is 2.13. The van der Waals surface area contributed by atoms with Crippen molar-refractivity contribution in [2.24, 2.45) is 0 Å². The van der Waals surface area contributed by atoms with E-state index in [-0.39, 0.29) is 24.1 Å². The Balaban J connectivity index is 1.66. The Hall–Kier alpha value is -3.48. The van der Waals surface area contributed by atoms with Crippen molar-refractivity contribution >= 4 is 17.5 Å². The number of aromatic nitrogens is 3. The number of hydrogen-bond acceptors (Lipinski definition) is 4. The number of para-hydroxylation sites is 1. The summed E-state index contributed by atoms with van der Waals surface area (Å²) in [5, 5.41) is 10.9. The Labute approximate surface area is 170 Å². The molecule has 7 nitrogen and oxygen atoms in total. The highest BCUT2D eigenvalue weighted by molar-refractivity contribution is 5.98. The lowest BCUT2D eigenvalue weighted by atomic mass is 10.2. The maximum atomic E-state index is 12.9. The predicted octanol–water partition coefficient (Wildman–Crippen LogP) is 3.13. The van der Waals surface area contributed by atoms with E-state index in [9.17, 15) is 9.59 Å². The van der Waals surface area contributed by atoms with Gasteiger partial charge in [0.15, 0.2) is 5.69 Å². The van der Waals surface area contributed by atoms with E-state index in [4.69, 9.17) is 0 Å². The molecule has 0 atom stereocenters. The Morgan fingerprint density at radius 1 is 1.07 bits per heavy atom. The van der Waals surface area contributed by atoms with Crippen molar-refractivity contribution in [1.29, 1.82) is 0 Å². The van der Waals surface area contributed by atoms with E-state index in [2.05, 4.69) is 15.6 Å². The topological polar surface area (TPSA) is 80.1 Å². The van der Waals surface area contributed by atoms with Crippen molar-refractivity contribution in [3.8, 4) is 0 Å². The zero-order valence-electron chi connectivity index (χ0n) is 16.7. The van der Waals surface area contributed by atoms with Gasteiger partial charge in [0.1, 0.15) is 6.54 Å². The fraction of sp³-hybridized carbons (Fsp3) is 0.273. The summed E-state index contributed by atoms with van der Waals surface area (Å²) in [6.45, 7) is 4.85. The minimum Gasteiger partial charge on any atom is -0.328 e. The molecule has 150 valence electrons. The second-order valence-electron chi connectivity index (χ2n) is 6.88. The maximum absolute atomic E-state index is 12.9. The van der Waals surface area contributed by atoms with Crippen LogP contribution in [0.2, 0.25) is 0 Å². The molecule has 0 bridgehead atoms. The fourth-order valence-corrected chi connectivity index (χ4v) is 3.00. The molecule has 0 radical (unpaired) electrons. The molecule has 2 amide bonds. The number of nitrogens with zero attached hydrogens (tertiary/aromatic N) is 4. The van der Waals surface area contributed by atoms with Crippen molar-refractivity contribution in [2.45, 2.75) is 26.8 Å². The third-order valence-electron chi connectivity index (χ3n) is 4.48. The fourth-order valence-electron chi connectivity index (χ4n) is 3.00. The summed E-state index contributed by atoms with van der Waals surface area (Å²) in [4.78, 5) is 26.9. The van der Waals surface area contributed by atoms with Crippen LogP contribution >= 0.6 is 0 Å². The van der Waals surface area contributed by atoms with Crippen molar-refractivity contribution in [3.05, 3.63) is 77.6 Å². The molecule has 3 aromatic rings. The van der Waals surface area contributed by atoms with Gasteiger partial charge in [-0.1, -0.05) is 60.7 Å². The van der Waals surface area contributed by atoms with E-state index < -0.39 is 0 Å². The smallest absolute Gasteiger partial charge is 0.276 e. The molecular weight excluding hydrogens is 366 g/mol. The van der Waals surface area contributed by atoms with Crippen LogP contribution in [-0.4, -0.2) is 44.8 Å². The molecule has 0 fully saturated rings. The van der Waals surface area contributed by atoms with Gasteiger partial charge in [-0.3, -0.25) is 9.59 Å². The molecular formula is C22H25N5O2. The molecule has 0 saturated carbocycles. The first kappa shape index (κ1) is 20.3. The van der Waals surface area contributed by atoms with E-state index in [0.29, 0.717) is 13.1 Å². The number of amides is 2. The van der Waals surface area contributed by atoms with Crippen LogP contribution in [0.3, 0.4) is 0 Å². The van der Waals surface area contributed by atoms with Gasteiger partial charge < -0.3 is 10.2 Å². The van der Waals surface area contributed by atoms with Crippen LogP contribution in [0.4, 0.5) is 5.69 Å². The number of rotatable bonds is 8. The third kappa shape index (κ3) is 5.51. The van der Waals surface area contributed by atoms with Gasteiger partial charge in [-0.2, -0.15) is 0 Å². The SMILES string of the molecule is CCCN(CC(=O)Nc1ccccc1C)C(=O)c1cn(Cc2ccccc2)nn1. The van der Waals surface area contributed by atoms with Gasteiger partial charge in [-0.25, -0.2) is 4.68 Å². The number of nitrogens with one attached hydrogen (secondary N) is 1. The highest BCUT2D eigenvalue weighted by atomic mass is 16.2. The average molecular weight is 391 g/mol. The van der Waals surface area contributed by atoms with E-state index in [0.717, 1.165) is 23.2 Å². The van der Waals surface area contributed by atoms with Gasteiger partial charge >= 0.3 is 0 Å². The lowest BCUT2D eigenvalue weighted by Crippen LogP contribution is -2.38. The summed E-state index contributed by atoms with van der Waals surface area (Å²) < 4.78 is 1.63. The first-order valence-electron chi connectivity index (χ1n) is 9.65. The van der Waals surface area contributed by atoms with Gasteiger partial charge in [0.25, 0.3) is 5.91 Å². The van der Waals surface area contributed by atoms with Crippen LogP contribution in [0, 0.1) is 6.92 Å². The molecule has 29 heavy (non-hydrogen) atoms. The second-order valence-corrected chi connectivity index (χ2v) is 6.88.